The predicted octanol–water partition coefficient (Wildman–Crippen LogP) is 2.75. The number of hydrogen-bond donors (Lipinski definition) is 3. The van der Waals surface area contributed by atoms with Crippen LogP contribution in [0.3, 0.4) is 0 Å². The molecular formula is C22H23ClN4O3S. The molecule has 3 rings (SSSR count). The van der Waals surface area contributed by atoms with E-state index < -0.39 is 0 Å². The van der Waals surface area contributed by atoms with Gasteiger partial charge in [-0.25, -0.2) is 4.98 Å². The summed E-state index contributed by atoms with van der Waals surface area (Å²) in [4.78, 5) is 28.9. The molecule has 0 unspecified atom stereocenters. The molecule has 31 heavy (non-hydrogen) atoms. The third-order valence-electron chi connectivity index (χ3n) is 4.46. The molecule has 0 bridgehead atoms. The third-order valence-corrected chi connectivity index (χ3v) is 5.82. The number of aliphatic hydroxyl groups is 1. The van der Waals surface area contributed by atoms with Crippen molar-refractivity contribution in [3.8, 4) is 0 Å². The molecular weight excluding hydrogens is 436 g/mol. The number of benzene rings is 2. The average molecular weight is 459 g/mol. The molecule has 0 aliphatic carbocycles. The van der Waals surface area contributed by atoms with Crippen LogP contribution in [0.1, 0.15) is 16.8 Å². The second kappa shape index (κ2) is 11.5. The van der Waals surface area contributed by atoms with Crippen molar-refractivity contribution < 1.29 is 14.7 Å². The van der Waals surface area contributed by atoms with Gasteiger partial charge in [-0.3, -0.25) is 9.59 Å². The quantitative estimate of drug-likeness (QED) is 0.406. The van der Waals surface area contributed by atoms with Crippen molar-refractivity contribution in [3.05, 3.63) is 82.6 Å². The maximum Gasteiger partial charge on any atom is 0.240 e. The molecule has 1 heterocycles. The largest absolute Gasteiger partial charge is 0.390 e. The van der Waals surface area contributed by atoms with Gasteiger partial charge in [0.1, 0.15) is 6.54 Å². The Hall–Kier alpha value is -2.81. The lowest BCUT2D eigenvalue weighted by Gasteiger charge is -2.11. The van der Waals surface area contributed by atoms with Gasteiger partial charge in [0.05, 0.1) is 24.3 Å². The first kappa shape index (κ1) is 22.9. The zero-order valence-corrected chi connectivity index (χ0v) is 18.3. The van der Waals surface area contributed by atoms with Crippen molar-refractivity contribution in [2.45, 2.75) is 31.4 Å². The van der Waals surface area contributed by atoms with Gasteiger partial charge in [-0.15, -0.1) is 0 Å². The summed E-state index contributed by atoms with van der Waals surface area (Å²) in [5.41, 5.74) is 2.34. The van der Waals surface area contributed by atoms with E-state index in [9.17, 15) is 14.7 Å². The molecule has 0 aliphatic heterocycles. The molecule has 9 heteroatoms. The second-order valence-corrected chi connectivity index (χ2v) is 8.05. The summed E-state index contributed by atoms with van der Waals surface area (Å²) < 4.78 is 1.62. The fourth-order valence-electron chi connectivity index (χ4n) is 2.82. The van der Waals surface area contributed by atoms with Crippen molar-refractivity contribution in [1.29, 1.82) is 0 Å². The van der Waals surface area contributed by atoms with E-state index in [1.165, 1.54) is 18.0 Å². The van der Waals surface area contributed by atoms with Gasteiger partial charge in [0.15, 0.2) is 5.16 Å². The topological polar surface area (TPSA) is 96.2 Å². The lowest BCUT2D eigenvalue weighted by Crippen LogP contribution is -2.28. The maximum absolute atomic E-state index is 12.4. The van der Waals surface area contributed by atoms with Crippen LogP contribution in [0.4, 0.5) is 0 Å². The Balaban J connectivity index is 1.53. The fourth-order valence-corrected chi connectivity index (χ4v) is 3.84. The number of aliphatic hydroxyl groups excluding tert-OH is 1. The number of carbonyl (C=O) groups excluding carboxylic acids is 2. The van der Waals surface area contributed by atoms with E-state index in [0.29, 0.717) is 29.0 Å². The van der Waals surface area contributed by atoms with Gasteiger partial charge in [0.25, 0.3) is 0 Å². The number of nitrogens with zero attached hydrogens (tertiary/aromatic N) is 2. The molecule has 0 spiro atoms. The summed E-state index contributed by atoms with van der Waals surface area (Å²) in [6, 6.07) is 16.9. The Morgan fingerprint density at radius 1 is 1.00 bits per heavy atom. The van der Waals surface area contributed by atoms with E-state index in [4.69, 9.17) is 11.6 Å². The number of carbonyl (C=O) groups is 2. The summed E-state index contributed by atoms with van der Waals surface area (Å²) in [6.07, 6.45) is 1.51. The van der Waals surface area contributed by atoms with E-state index in [1.54, 1.807) is 10.6 Å². The molecule has 3 aromatic rings. The standard InChI is InChI=1S/C22H23ClN4O3S/c23-19-9-5-4-8-17(19)11-25-21(30)15-31-22-26-12-18(14-28)27(22)13-20(29)24-10-16-6-2-1-3-7-16/h1-9,12,28H,10-11,13-15H2,(H,24,29)(H,25,30). The Kier molecular flexibility index (Phi) is 8.52. The smallest absolute Gasteiger partial charge is 0.240 e. The van der Waals surface area contributed by atoms with Gasteiger partial charge in [-0.05, 0) is 17.2 Å². The van der Waals surface area contributed by atoms with Gasteiger partial charge in [0.2, 0.25) is 11.8 Å². The molecule has 1 aromatic heterocycles. The number of nitrogens with one attached hydrogen (secondary N) is 2. The molecule has 0 radical (unpaired) electrons. The second-order valence-electron chi connectivity index (χ2n) is 6.70. The first-order chi connectivity index (χ1) is 15.1. The Bertz CT molecular complexity index is 1030. The highest BCUT2D eigenvalue weighted by Gasteiger charge is 2.15. The number of rotatable bonds is 10. The molecule has 3 N–H and O–H groups in total. The van der Waals surface area contributed by atoms with Gasteiger partial charge < -0.3 is 20.3 Å². The molecule has 0 saturated carbocycles. The van der Waals surface area contributed by atoms with Gasteiger partial charge in [-0.1, -0.05) is 71.9 Å². The lowest BCUT2D eigenvalue weighted by molar-refractivity contribution is -0.122. The number of thioether (sulfide) groups is 1. The monoisotopic (exact) mass is 458 g/mol. The Labute approximate surface area is 189 Å². The van der Waals surface area contributed by atoms with Crippen molar-refractivity contribution >= 4 is 35.2 Å². The van der Waals surface area contributed by atoms with Crippen LogP contribution in [0.2, 0.25) is 5.02 Å². The number of halogens is 1. The molecule has 0 saturated heterocycles. The van der Waals surface area contributed by atoms with Crippen LogP contribution in [-0.2, 0) is 35.8 Å². The molecule has 2 amide bonds. The number of imidazole rings is 1. The van der Waals surface area contributed by atoms with Crippen LogP contribution in [0, 0.1) is 0 Å². The highest BCUT2D eigenvalue weighted by Crippen LogP contribution is 2.19. The van der Waals surface area contributed by atoms with Crippen LogP contribution in [0.5, 0.6) is 0 Å². The molecule has 162 valence electrons. The minimum Gasteiger partial charge on any atom is -0.390 e. The van der Waals surface area contributed by atoms with Crippen molar-refractivity contribution in [1.82, 2.24) is 20.2 Å². The minimum absolute atomic E-state index is 0.00625. The first-order valence-corrected chi connectivity index (χ1v) is 11.0. The van der Waals surface area contributed by atoms with Crippen LogP contribution >= 0.6 is 23.4 Å². The highest BCUT2D eigenvalue weighted by atomic mass is 35.5. The van der Waals surface area contributed by atoms with Crippen LogP contribution in [0.25, 0.3) is 0 Å². The van der Waals surface area contributed by atoms with E-state index in [-0.39, 0.29) is 30.7 Å². The summed E-state index contributed by atoms with van der Waals surface area (Å²) in [5, 5.41) is 16.3. The summed E-state index contributed by atoms with van der Waals surface area (Å²) in [5.74, 6) is -0.266. The van der Waals surface area contributed by atoms with Crippen LogP contribution in [-0.4, -0.2) is 32.2 Å². The molecule has 2 aromatic carbocycles. The summed E-state index contributed by atoms with van der Waals surface area (Å²) in [7, 11) is 0. The number of amides is 2. The third kappa shape index (κ3) is 6.85. The predicted molar refractivity (Wildman–Crippen MR) is 120 cm³/mol. The first-order valence-electron chi connectivity index (χ1n) is 9.65. The molecule has 0 aliphatic rings. The molecule has 0 fully saturated rings. The Morgan fingerprint density at radius 3 is 2.45 bits per heavy atom. The van der Waals surface area contributed by atoms with Gasteiger partial charge >= 0.3 is 0 Å². The van der Waals surface area contributed by atoms with Crippen molar-refractivity contribution in [3.63, 3.8) is 0 Å². The lowest BCUT2D eigenvalue weighted by atomic mass is 10.2. The van der Waals surface area contributed by atoms with Crippen LogP contribution in [0.15, 0.2) is 66.0 Å². The maximum atomic E-state index is 12.4. The van der Waals surface area contributed by atoms with Crippen molar-refractivity contribution in [2.75, 3.05) is 5.75 Å². The highest BCUT2D eigenvalue weighted by molar-refractivity contribution is 7.99. The van der Waals surface area contributed by atoms with Crippen molar-refractivity contribution in [2.24, 2.45) is 0 Å². The number of aromatic nitrogens is 2. The van der Waals surface area contributed by atoms with E-state index in [1.807, 2.05) is 48.5 Å². The Morgan fingerprint density at radius 2 is 1.71 bits per heavy atom. The molecule has 7 nitrogen and oxygen atoms in total. The molecule has 0 atom stereocenters. The zero-order valence-electron chi connectivity index (χ0n) is 16.8. The normalized spacial score (nSPS) is 10.6. The summed E-state index contributed by atoms with van der Waals surface area (Å²) >= 11 is 7.30. The van der Waals surface area contributed by atoms with Gasteiger partial charge in [-0.2, -0.15) is 0 Å². The van der Waals surface area contributed by atoms with Gasteiger partial charge in [0, 0.05) is 18.1 Å². The zero-order chi connectivity index (χ0) is 22.1. The van der Waals surface area contributed by atoms with E-state index in [0.717, 1.165) is 11.1 Å². The van der Waals surface area contributed by atoms with Crippen LogP contribution < -0.4 is 10.6 Å². The SMILES string of the molecule is O=C(CSc1ncc(CO)n1CC(=O)NCc1ccccc1)NCc1ccccc1Cl. The number of hydrogen-bond acceptors (Lipinski definition) is 5. The average Bonchev–Trinajstić information content (AvgIpc) is 3.17. The summed E-state index contributed by atoms with van der Waals surface area (Å²) in [6.45, 7) is 0.498. The minimum atomic E-state index is -0.252. The van der Waals surface area contributed by atoms with E-state index in [2.05, 4.69) is 15.6 Å². The fraction of sp³-hybridized carbons (Fsp3) is 0.227. The van der Waals surface area contributed by atoms with E-state index >= 15 is 0 Å².